The first kappa shape index (κ1) is 14.0. The van der Waals surface area contributed by atoms with Crippen LogP contribution in [-0.2, 0) is 9.59 Å². The normalized spacial score (nSPS) is 18.1. The Morgan fingerprint density at radius 2 is 1.88 bits per heavy atom. The summed E-state index contributed by atoms with van der Waals surface area (Å²) >= 11 is 0. The molecule has 0 aromatic heterocycles. The Bertz CT molecular complexity index is 298. The van der Waals surface area contributed by atoms with E-state index in [4.69, 9.17) is 0 Å². The van der Waals surface area contributed by atoms with Crippen molar-refractivity contribution in [3.8, 4) is 0 Å². The van der Waals surface area contributed by atoms with Gasteiger partial charge in [0.15, 0.2) is 0 Å². The van der Waals surface area contributed by atoms with Gasteiger partial charge in [-0.25, -0.2) is 0 Å². The Morgan fingerprint density at radius 3 is 2.24 bits per heavy atom. The van der Waals surface area contributed by atoms with Gasteiger partial charge in [-0.05, 0) is 19.3 Å². The fourth-order valence-electron chi connectivity index (χ4n) is 1.69. The van der Waals surface area contributed by atoms with E-state index >= 15 is 0 Å². The zero-order valence-corrected chi connectivity index (χ0v) is 10.8. The van der Waals surface area contributed by atoms with Crippen LogP contribution in [0.3, 0.4) is 0 Å². The first-order chi connectivity index (χ1) is 7.79. The number of carbonyl (C=O) groups is 2. The number of hydrogen-bond donors (Lipinski definition) is 3. The zero-order valence-electron chi connectivity index (χ0n) is 10.8. The number of rotatable bonds is 4. The minimum absolute atomic E-state index is 0.0299. The molecule has 1 saturated carbocycles. The molecule has 0 saturated heterocycles. The minimum Gasteiger partial charge on any atom is -0.394 e. The molecule has 0 atom stereocenters. The Labute approximate surface area is 102 Å². The summed E-state index contributed by atoms with van der Waals surface area (Å²) in [5, 5.41) is 14.6. The fraction of sp³-hybridized carbons (Fsp3) is 0.833. The molecular weight excluding hydrogens is 220 g/mol. The molecule has 2 amide bonds. The van der Waals surface area contributed by atoms with Gasteiger partial charge in [0.05, 0.1) is 18.7 Å². The van der Waals surface area contributed by atoms with Crippen LogP contribution in [0.1, 0.15) is 40.0 Å². The van der Waals surface area contributed by atoms with Gasteiger partial charge in [-0.15, -0.1) is 0 Å². The van der Waals surface area contributed by atoms with Gasteiger partial charge in [-0.3, -0.25) is 9.59 Å². The van der Waals surface area contributed by atoms with Crippen LogP contribution in [0.2, 0.25) is 0 Å². The van der Waals surface area contributed by atoms with Gasteiger partial charge in [0.2, 0.25) is 11.8 Å². The summed E-state index contributed by atoms with van der Waals surface area (Å²) in [6.07, 6.45) is 2.64. The molecule has 0 aromatic carbocycles. The Kier molecular flexibility index (Phi) is 4.14. The smallest absolute Gasteiger partial charge is 0.239 e. The molecule has 5 heteroatoms. The highest BCUT2D eigenvalue weighted by Gasteiger charge is 2.37. The SMILES string of the molecule is CC(C)(C)C(=O)NCC(=O)NC1(CO)CCC1. The summed E-state index contributed by atoms with van der Waals surface area (Å²) in [6, 6.07) is 0. The van der Waals surface area contributed by atoms with Crippen LogP contribution in [0, 0.1) is 5.41 Å². The first-order valence-corrected chi connectivity index (χ1v) is 5.99. The van der Waals surface area contributed by atoms with E-state index in [-0.39, 0.29) is 25.0 Å². The predicted molar refractivity (Wildman–Crippen MR) is 64.3 cm³/mol. The Morgan fingerprint density at radius 1 is 1.29 bits per heavy atom. The third-order valence-electron chi connectivity index (χ3n) is 3.11. The highest BCUT2D eigenvalue weighted by molar-refractivity contribution is 5.87. The van der Waals surface area contributed by atoms with E-state index in [0.29, 0.717) is 0 Å². The number of aliphatic hydroxyl groups is 1. The molecule has 0 bridgehead atoms. The highest BCUT2D eigenvalue weighted by Crippen LogP contribution is 2.30. The van der Waals surface area contributed by atoms with Gasteiger partial charge < -0.3 is 15.7 Å². The lowest BCUT2D eigenvalue weighted by atomic mass is 9.77. The third kappa shape index (κ3) is 3.70. The van der Waals surface area contributed by atoms with Gasteiger partial charge in [0.1, 0.15) is 0 Å². The minimum atomic E-state index is -0.495. The molecule has 1 rings (SSSR count). The number of nitrogens with one attached hydrogen (secondary N) is 2. The van der Waals surface area contributed by atoms with Crippen molar-refractivity contribution in [2.75, 3.05) is 13.2 Å². The van der Waals surface area contributed by atoms with Crippen LogP contribution >= 0.6 is 0 Å². The average Bonchev–Trinajstić information content (AvgIpc) is 2.18. The molecule has 0 radical (unpaired) electrons. The van der Waals surface area contributed by atoms with E-state index in [9.17, 15) is 14.7 Å². The van der Waals surface area contributed by atoms with Crippen molar-refractivity contribution < 1.29 is 14.7 Å². The summed E-state index contributed by atoms with van der Waals surface area (Å²) < 4.78 is 0. The Hall–Kier alpha value is -1.10. The molecule has 0 aliphatic heterocycles. The average molecular weight is 242 g/mol. The van der Waals surface area contributed by atoms with Crippen molar-refractivity contribution in [3.63, 3.8) is 0 Å². The molecule has 0 heterocycles. The van der Waals surface area contributed by atoms with Gasteiger partial charge in [0.25, 0.3) is 0 Å². The number of aliphatic hydroxyl groups excluding tert-OH is 1. The standard InChI is InChI=1S/C12H22N2O3/c1-11(2,3)10(17)13-7-9(16)14-12(8-15)5-4-6-12/h15H,4-8H2,1-3H3,(H,13,17)(H,14,16). The summed E-state index contributed by atoms with van der Waals surface area (Å²) in [4.78, 5) is 23.2. The van der Waals surface area contributed by atoms with Crippen LogP contribution in [0.5, 0.6) is 0 Å². The number of hydrogen-bond acceptors (Lipinski definition) is 3. The molecular formula is C12H22N2O3. The van der Waals surface area contributed by atoms with Gasteiger partial charge in [-0.1, -0.05) is 20.8 Å². The highest BCUT2D eigenvalue weighted by atomic mass is 16.3. The predicted octanol–water partition coefficient (Wildman–Crippen LogP) is 0.180. The monoisotopic (exact) mass is 242 g/mol. The maximum absolute atomic E-state index is 11.6. The molecule has 5 nitrogen and oxygen atoms in total. The maximum Gasteiger partial charge on any atom is 0.239 e. The van der Waals surface area contributed by atoms with Crippen molar-refractivity contribution >= 4 is 11.8 Å². The van der Waals surface area contributed by atoms with Crippen molar-refractivity contribution in [1.29, 1.82) is 0 Å². The molecule has 0 spiro atoms. The second kappa shape index (κ2) is 5.04. The van der Waals surface area contributed by atoms with Crippen molar-refractivity contribution in [2.45, 2.75) is 45.6 Å². The van der Waals surface area contributed by atoms with Crippen molar-refractivity contribution in [1.82, 2.24) is 10.6 Å². The van der Waals surface area contributed by atoms with E-state index in [0.717, 1.165) is 19.3 Å². The molecule has 0 aromatic rings. The fourth-order valence-corrected chi connectivity index (χ4v) is 1.69. The van der Waals surface area contributed by atoms with Crippen LogP contribution in [0.25, 0.3) is 0 Å². The molecule has 1 aliphatic rings. The lowest BCUT2D eigenvalue weighted by molar-refractivity contribution is -0.132. The van der Waals surface area contributed by atoms with E-state index < -0.39 is 11.0 Å². The summed E-state index contributed by atoms with van der Waals surface area (Å²) in [5.74, 6) is -0.393. The third-order valence-corrected chi connectivity index (χ3v) is 3.11. The summed E-state index contributed by atoms with van der Waals surface area (Å²) in [6.45, 7) is 5.31. The molecule has 3 N–H and O–H groups in total. The van der Waals surface area contributed by atoms with Crippen molar-refractivity contribution in [2.24, 2.45) is 5.41 Å². The van der Waals surface area contributed by atoms with Crippen molar-refractivity contribution in [3.05, 3.63) is 0 Å². The topological polar surface area (TPSA) is 78.4 Å². The second-order valence-corrected chi connectivity index (χ2v) is 5.77. The van der Waals surface area contributed by atoms with Gasteiger partial charge in [0, 0.05) is 5.41 Å². The lowest BCUT2D eigenvalue weighted by Crippen LogP contribution is -2.58. The van der Waals surface area contributed by atoms with Gasteiger partial charge in [-0.2, -0.15) is 0 Å². The van der Waals surface area contributed by atoms with Crippen LogP contribution in [-0.4, -0.2) is 35.6 Å². The lowest BCUT2D eigenvalue weighted by Gasteiger charge is -2.41. The maximum atomic E-state index is 11.6. The van der Waals surface area contributed by atoms with E-state index in [1.54, 1.807) is 20.8 Å². The molecule has 0 unspecified atom stereocenters. The number of carbonyl (C=O) groups excluding carboxylic acids is 2. The van der Waals surface area contributed by atoms with E-state index in [1.165, 1.54) is 0 Å². The van der Waals surface area contributed by atoms with E-state index in [2.05, 4.69) is 10.6 Å². The van der Waals surface area contributed by atoms with E-state index in [1.807, 2.05) is 0 Å². The second-order valence-electron chi connectivity index (χ2n) is 5.77. The first-order valence-electron chi connectivity index (χ1n) is 5.99. The van der Waals surface area contributed by atoms with Crippen LogP contribution in [0.4, 0.5) is 0 Å². The number of amides is 2. The quantitative estimate of drug-likeness (QED) is 0.658. The Balaban J connectivity index is 2.33. The molecule has 1 fully saturated rings. The zero-order chi connectivity index (χ0) is 13.1. The molecule has 17 heavy (non-hydrogen) atoms. The van der Waals surface area contributed by atoms with Crippen LogP contribution < -0.4 is 10.6 Å². The summed E-state index contributed by atoms with van der Waals surface area (Å²) in [5.41, 5.74) is -0.936. The molecule has 98 valence electrons. The summed E-state index contributed by atoms with van der Waals surface area (Å²) in [7, 11) is 0. The van der Waals surface area contributed by atoms with Crippen LogP contribution in [0.15, 0.2) is 0 Å². The largest absolute Gasteiger partial charge is 0.394 e. The van der Waals surface area contributed by atoms with Gasteiger partial charge >= 0.3 is 0 Å². The molecule has 1 aliphatic carbocycles.